The molecule has 0 saturated heterocycles. The van der Waals surface area contributed by atoms with Crippen molar-refractivity contribution in [3.63, 3.8) is 0 Å². The minimum absolute atomic E-state index is 1.00. The molecule has 88 valence electrons. The van der Waals surface area contributed by atoms with Crippen LogP contribution < -0.4 is 0 Å². The van der Waals surface area contributed by atoms with Crippen LogP contribution in [0.5, 0.6) is 0 Å². The Kier molecular flexibility index (Phi) is 4.63. The molecule has 0 N–H and O–H groups in total. The number of hydrogen-bond acceptors (Lipinski definition) is 2. The Hall–Kier alpha value is -0.800. The van der Waals surface area contributed by atoms with Gasteiger partial charge in [0.2, 0.25) is 0 Å². The molecule has 0 saturated carbocycles. The van der Waals surface area contributed by atoms with Gasteiger partial charge in [0.25, 0.3) is 0 Å². The largest absolute Gasteiger partial charge is 0.263 e. The first kappa shape index (κ1) is 12.7. The Morgan fingerprint density at radius 1 is 1.18 bits per heavy atom. The van der Waals surface area contributed by atoms with E-state index in [9.17, 15) is 0 Å². The number of benzene rings is 1. The summed E-state index contributed by atoms with van der Waals surface area (Å²) in [7, 11) is 0. The fourth-order valence-corrected chi connectivity index (χ4v) is 3.04. The van der Waals surface area contributed by atoms with E-state index in [1.165, 1.54) is 16.7 Å². The SMILES string of the molecule is Cc1ccccc1CSCc1cncc(Br)c1. The molecule has 1 nitrogen and oxygen atoms in total. The molecule has 0 spiro atoms. The van der Waals surface area contributed by atoms with Crippen molar-refractivity contribution in [1.29, 1.82) is 0 Å². The molecular formula is C14H14BrNS. The Balaban J connectivity index is 1.90. The van der Waals surface area contributed by atoms with Crippen LogP contribution in [0.2, 0.25) is 0 Å². The lowest BCUT2D eigenvalue weighted by atomic mass is 10.1. The molecule has 0 fully saturated rings. The molecule has 1 aromatic carbocycles. The molecular weight excluding hydrogens is 294 g/mol. The van der Waals surface area contributed by atoms with Crippen molar-refractivity contribution in [2.24, 2.45) is 0 Å². The van der Waals surface area contributed by atoms with Gasteiger partial charge in [-0.15, -0.1) is 0 Å². The molecule has 0 aliphatic rings. The third-order valence-corrected chi connectivity index (χ3v) is 4.04. The van der Waals surface area contributed by atoms with Crippen LogP contribution in [0.3, 0.4) is 0 Å². The second kappa shape index (κ2) is 6.22. The maximum absolute atomic E-state index is 4.17. The molecule has 17 heavy (non-hydrogen) atoms. The second-order valence-electron chi connectivity index (χ2n) is 3.93. The van der Waals surface area contributed by atoms with Crippen molar-refractivity contribution >= 4 is 27.7 Å². The Morgan fingerprint density at radius 2 is 2.00 bits per heavy atom. The van der Waals surface area contributed by atoms with E-state index >= 15 is 0 Å². The van der Waals surface area contributed by atoms with Crippen LogP contribution in [0.4, 0.5) is 0 Å². The first-order valence-corrected chi connectivity index (χ1v) is 7.42. The minimum atomic E-state index is 1.00. The average Bonchev–Trinajstić information content (AvgIpc) is 2.32. The first-order chi connectivity index (χ1) is 8.25. The zero-order chi connectivity index (χ0) is 12.1. The maximum atomic E-state index is 4.17. The van der Waals surface area contributed by atoms with Crippen molar-refractivity contribution in [1.82, 2.24) is 4.98 Å². The van der Waals surface area contributed by atoms with E-state index in [4.69, 9.17) is 0 Å². The van der Waals surface area contributed by atoms with Crippen LogP contribution in [-0.4, -0.2) is 4.98 Å². The smallest absolute Gasteiger partial charge is 0.0410 e. The number of pyridine rings is 1. The summed E-state index contributed by atoms with van der Waals surface area (Å²) in [5.74, 6) is 2.06. The molecule has 0 bridgehead atoms. The Bertz CT molecular complexity index is 499. The standard InChI is InChI=1S/C14H14BrNS/c1-11-4-2-3-5-13(11)10-17-9-12-6-14(15)8-16-7-12/h2-8H,9-10H2,1H3. The third kappa shape index (κ3) is 3.86. The van der Waals surface area contributed by atoms with Gasteiger partial charge in [-0.1, -0.05) is 24.3 Å². The van der Waals surface area contributed by atoms with E-state index < -0.39 is 0 Å². The quantitative estimate of drug-likeness (QED) is 0.819. The molecule has 0 amide bonds. The van der Waals surface area contributed by atoms with Gasteiger partial charge < -0.3 is 0 Å². The van der Waals surface area contributed by atoms with Crippen molar-refractivity contribution in [3.05, 3.63) is 63.9 Å². The zero-order valence-corrected chi connectivity index (χ0v) is 12.1. The van der Waals surface area contributed by atoms with Gasteiger partial charge in [-0.2, -0.15) is 11.8 Å². The maximum Gasteiger partial charge on any atom is 0.0410 e. The van der Waals surface area contributed by atoms with Crippen molar-refractivity contribution in [3.8, 4) is 0 Å². The molecule has 2 aromatic rings. The molecule has 1 aromatic heterocycles. The summed E-state index contributed by atoms with van der Waals surface area (Å²) in [4.78, 5) is 4.17. The molecule has 0 atom stereocenters. The van der Waals surface area contributed by atoms with E-state index in [0.29, 0.717) is 0 Å². The van der Waals surface area contributed by atoms with Crippen LogP contribution >= 0.6 is 27.7 Å². The normalized spacial score (nSPS) is 10.5. The van der Waals surface area contributed by atoms with Crippen LogP contribution in [0.1, 0.15) is 16.7 Å². The number of aromatic nitrogens is 1. The fraction of sp³-hybridized carbons (Fsp3) is 0.214. The molecule has 2 rings (SSSR count). The highest BCUT2D eigenvalue weighted by atomic mass is 79.9. The summed E-state index contributed by atoms with van der Waals surface area (Å²) in [6.07, 6.45) is 3.74. The summed E-state index contributed by atoms with van der Waals surface area (Å²) in [6, 6.07) is 10.7. The summed E-state index contributed by atoms with van der Waals surface area (Å²) in [5, 5.41) is 0. The molecule has 3 heteroatoms. The first-order valence-electron chi connectivity index (χ1n) is 5.47. The van der Waals surface area contributed by atoms with Crippen LogP contribution in [0.25, 0.3) is 0 Å². The highest BCUT2D eigenvalue weighted by molar-refractivity contribution is 9.10. The van der Waals surface area contributed by atoms with Gasteiger partial charge in [-0.25, -0.2) is 0 Å². The van der Waals surface area contributed by atoms with Gasteiger partial charge in [0.1, 0.15) is 0 Å². The van der Waals surface area contributed by atoms with Crippen LogP contribution in [-0.2, 0) is 11.5 Å². The van der Waals surface area contributed by atoms with Crippen molar-refractivity contribution in [2.45, 2.75) is 18.4 Å². The lowest BCUT2D eigenvalue weighted by Gasteiger charge is -2.05. The van der Waals surface area contributed by atoms with Gasteiger partial charge in [0, 0.05) is 28.4 Å². The third-order valence-electron chi connectivity index (χ3n) is 2.55. The monoisotopic (exact) mass is 307 g/mol. The molecule has 0 aliphatic heterocycles. The fourth-order valence-electron chi connectivity index (χ4n) is 1.59. The predicted molar refractivity (Wildman–Crippen MR) is 78.1 cm³/mol. The van der Waals surface area contributed by atoms with Gasteiger partial charge in [0.15, 0.2) is 0 Å². The molecule has 1 heterocycles. The van der Waals surface area contributed by atoms with Crippen molar-refractivity contribution < 1.29 is 0 Å². The molecule has 0 aliphatic carbocycles. The summed E-state index contributed by atoms with van der Waals surface area (Å²) >= 11 is 5.36. The van der Waals surface area contributed by atoms with Gasteiger partial charge in [-0.3, -0.25) is 4.98 Å². The zero-order valence-electron chi connectivity index (χ0n) is 9.69. The van der Waals surface area contributed by atoms with E-state index in [1.807, 2.05) is 24.2 Å². The van der Waals surface area contributed by atoms with Gasteiger partial charge >= 0.3 is 0 Å². The second-order valence-corrected chi connectivity index (χ2v) is 5.83. The summed E-state index contributed by atoms with van der Waals surface area (Å²) in [6.45, 7) is 2.16. The summed E-state index contributed by atoms with van der Waals surface area (Å²) < 4.78 is 1.05. The molecule has 0 radical (unpaired) electrons. The number of thioether (sulfide) groups is 1. The van der Waals surface area contributed by atoms with Crippen molar-refractivity contribution in [2.75, 3.05) is 0 Å². The number of rotatable bonds is 4. The lowest BCUT2D eigenvalue weighted by molar-refractivity contribution is 1.23. The average molecular weight is 308 g/mol. The highest BCUT2D eigenvalue weighted by Crippen LogP contribution is 2.21. The van der Waals surface area contributed by atoms with E-state index in [1.54, 1.807) is 0 Å². The van der Waals surface area contributed by atoms with Gasteiger partial charge in [-0.05, 0) is 45.6 Å². The van der Waals surface area contributed by atoms with Gasteiger partial charge in [0.05, 0.1) is 0 Å². The summed E-state index contributed by atoms with van der Waals surface area (Å²) in [5.41, 5.74) is 4.05. The topological polar surface area (TPSA) is 12.9 Å². The lowest BCUT2D eigenvalue weighted by Crippen LogP contribution is -1.87. The number of hydrogen-bond donors (Lipinski definition) is 0. The van der Waals surface area contributed by atoms with E-state index in [0.717, 1.165) is 16.0 Å². The Morgan fingerprint density at radius 3 is 2.76 bits per heavy atom. The number of halogens is 1. The Labute approximate surface area is 115 Å². The molecule has 0 unspecified atom stereocenters. The number of aryl methyl sites for hydroxylation is 1. The predicted octanol–water partition coefficient (Wildman–Crippen LogP) is 4.59. The van der Waals surface area contributed by atoms with E-state index in [-0.39, 0.29) is 0 Å². The highest BCUT2D eigenvalue weighted by Gasteiger charge is 1.99. The van der Waals surface area contributed by atoms with Crippen LogP contribution in [0.15, 0.2) is 47.2 Å². The number of nitrogens with zero attached hydrogens (tertiary/aromatic N) is 1. The minimum Gasteiger partial charge on any atom is -0.263 e. The van der Waals surface area contributed by atoms with E-state index in [2.05, 4.69) is 58.2 Å². The van der Waals surface area contributed by atoms with Crippen LogP contribution in [0, 0.1) is 6.92 Å².